The number of halogens is 2. The lowest BCUT2D eigenvalue weighted by Crippen LogP contribution is -2.29. The van der Waals surface area contributed by atoms with Gasteiger partial charge in [0.2, 0.25) is 0 Å². The van der Waals surface area contributed by atoms with Crippen LogP contribution >= 0.6 is 23.2 Å². The molecule has 1 N–H and O–H groups in total. The van der Waals surface area contributed by atoms with Gasteiger partial charge in [-0.3, -0.25) is 9.59 Å². The molecule has 0 radical (unpaired) electrons. The predicted octanol–water partition coefficient (Wildman–Crippen LogP) is 6.51. The molecule has 1 aliphatic heterocycles. The molecule has 4 rings (SSSR count). The Balaban J connectivity index is 1.84. The van der Waals surface area contributed by atoms with Crippen LogP contribution in [0.5, 0.6) is 11.5 Å². The van der Waals surface area contributed by atoms with E-state index in [1.807, 2.05) is 25.1 Å². The Bertz CT molecular complexity index is 1550. The lowest BCUT2D eigenvalue weighted by atomic mass is 9.94. The first-order valence-electron chi connectivity index (χ1n) is 12.7. The lowest BCUT2D eigenvalue weighted by molar-refractivity contribution is -0.140. The van der Waals surface area contributed by atoms with Gasteiger partial charge in [-0.15, -0.1) is 0 Å². The zero-order chi connectivity index (χ0) is 30.0. The van der Waals surface area contributed by atoms with Crippen molar-refractivity contribution in [2.75, 3.05) is 14.2 Å². The number of ketones is 1. The minimum absolute atomic E-state index is 0.00136. The number of amides is 1. The Morgan fingerprint density at radius 1 is 1.00 bits per heavy atom. The van der Waals surface area contributed by atoms with Gasteiger partial charge in [-0.2, -0.15) is 0 Å². The predicted molar refractivity (Wildman–Crippen MR) is 156 cm³/mol. The summed E-state index contributed by atoms with van der Waals surface area (Å²) in [7, 11) is 2.73. The summed E-state index contributed by atoms with van der Waals surface area (Å²) in [5.74, 6) is -2.46. The maximum atomic E-state index is 13.5. The van der Waals surface area contributed by atoms with Crippen LogP contribution in [-0.4, -0.2) is 48.0 Å². The van der Waals surface area contributed by atoms with E-state index in [0.29, 0.717) is 16.7 Å². The second kappa shape index (κ2) is 12.2. The highest BCUT2D eigenvalue weighted by Crippen LogP contribution is 2.47. The summed E-state index contributed by atoms with van der Waals surface area (Å²) in [5, 5.41) is 11.7. The smallest absolute Gasteiger partial charge is 0.338 e. The molecule has 214 valence electrons. The molecule has 0 spiro atoms. The average Bonchev–Trinajstić information content (AvgIpc) is 3.17. The molecule has 3 aromatic carbocycles. The summed E-state index contributed by atoms with van der Waals surface area (Å²) in [6.07, 6.45) is -0.266. The molecule has 3 aromatic rings. The highest BCUT2D eigenvalue weighted by molar-refractivity contribution is 6.47. The molecule has 1 heterocycles. The molecule has 1 aliphatic rings. The largest absolute Gasteiger partial charge is 0.507 e. The molecule has 0 aliphatic carbocycles. The number of Topliss-reactive ketones (excluding diaryl/α,β-unsaturated/α-hetero) is 1. The first-order chi connectivity index (χ1) is 19.5. The van der Waals surface area contributed by atoms with Crippen LogP contribution < -0.4 is 9.47 Å². The van der Waals surface area contributed by atoms with Gasteiger partial charge in [-0.1, -0.05) is 65.2 Å². The van der Waals surface area contributed by atoms with E-state index in [1.165, 1.54) is 25.2 Å². The van der Waals surface area contributed by atoms with E-state index in [0.717, 1.165) is 5.56 Å². The summed E-state index contributed by atoms with van der Waals surface area (Å²) in [4.78, 5) is 40.6. The van der Waals surface area contributed by atoms with Gasteiger partial charge in [0, 0.05) is 6.54 Å². The van der Waals surface area contributed by atoms with Crippen LogP contribution in [0.4, 0.5) is 0 Å². The van der Waals surface area contributed by atoms with E-state index < -0.39 is 29.5 Å². The number of rotatable bonds is 8. The van der Waals surface area contributed by atoms with Crippen LogP contribution in [0.1, 0.15) is 52.5 Å². The van der Waals surface area contributed by atoms with Crippen LogP contribution in [-0.2, 0) is 20.9 Å². The molecular weight excluding hydrogens is 569 g/mol. The number of esters is 1. The fraction of sp³-hybridized carbons (Fsp3) is 0.258. The number of methoxy groups -OCH3 is 2. The van der Waals surface area contributed by atoms with E-state index >= 15 is 0 Å². The molecule has 0 aromatic heterocycles. The van der Waals surface area contributed by atoms with Crippen molar-refractivity contribution in [1.82, 2.24) is 4.90 Å². The quantitative estimate of drug-likeness (QED) is 0.137. The fourth-order valence-corrected chi connectivity index (χ4v) is 5.43. The standard InChI is InChI=1S/C31H29Cl2NO7/c1-16(2)41-31(38)19-11-9-18(10-12-19)15-34-25(20-8-6-7-17(3)13-20)23(27(36)30(34)37)26(35)21-14-22(32)29(40-5)24(33)28(21)39-4/h6-14,16,25,35H,15H2,1-5H3/b26-23+. The van der Waals surface area contributed by atoms with Crippen LogP contribution in [0.25, 0.3) is 5.76 Å². The number of benzene rings is 3. The normalized spacial score (nSPS) is 16.3. The zero-order valence-electron chi connectivity index (χ0n) is 23.2. The van der Waals surface area contributed by atoms with Crippen molar-refractivity contribution < 1.29 is 33.7 Å². The molecule has 1 unspecified atom stereocenters. The molecule has 0 saturated carbocycles. The van der Waals surface area contributed by atoms with E-state index in [2.05, 4.69) is 0 Å². The van der Waals surface area contributed by atoms with Crippen molar-refractivity contribution in [2.24, 2.45) is 0 Å². The minimum atomic E-state index is -0.940. The van der Waals surface area contributed by atoms with Crippen molar-refractivity contribution in [2.45, 2.75) is 39.5 Å². The molecule has 41 heavy (non-hydrogen) atoms. The van der Waals surface area contributed by atoms with Gasteiger partial charge < -0.3 is 24.2 Å². The summed E-state index contributed by atoms with van der Waals surface area (Å²) in [6, 6.07) is 14.3. The fourth-order valence-electron chi connectivity index (χ4n) is 4.75. The summed E-state index contributed by atoms with van der Waals surface area (Å²) >= 11 is 12.8. The monoisotopic (exact) mass is 597 g/mol. The molecular formula is C31H29Cl2NO7. The summed E-state index contributed by atoms with van der Waals surface area (Å²) in [5.41, 5.74) is 2.43. The molecule has 8 nitrogen and oxygen atoms in total. The van der Waals surface area contributed by atoms with Crippen LogP contribution in [0.15, 0.2) is 60.2 Å². The van der Waals surface area contributed by atoms with Crippen molar-refractivity contribution in [3.63, 3.8) is 0 Å². The third-order valence-electron chi connectivity index (χ3n) is 6.58. The first-order valence-corrected chi connectivity index (χ1v) is 13.5. The van der Waals surface area contributed by atoms with Gasteiger partial charge in [0.15, 0.2) is 11.5 Å². The topological polar surface area (TPSA) is 102 Å². The number of likely N-dealkylation sites (tertiary alicyclic amines) is 1. The van der Waals surface area contributed by atoms with Gasteiger partial charge in [0.05, 0.1) is 48.1 Å². The molecule has 1 saturated heterocycles. The van der Waals surface area contributed by atoms with E-state index in [4.69, 9.17) is 37.4 Å². The first kappa shape index (κ1) is 30.0. The molecule has 1 amide bonds. The number of aliphatic hydroxyl groups excluding tert-OH is 1. The minimum Gasteiger partial charge on any atom is -0.507 e. The van der Waals surface area contributed by atoms with Gasteiger partial charge in [0.1, 0.15) is 10.8 Å². The Hall–Kier alpha value is -4.01. The number of hydrogen-bond acceptors (Lipinski definition) is 7. The van der Waals surface area contributed by atoms with Gasteiger partial charge in [-0.05, 0) is 50.1 Å². The number of hydrogen-bond donors (Lipinski definition) is 1. The molecule has 10 heteroatoms. The Morgan fingerprint density at radius 2 is 1.66 bits per heavy atom. The number of carbonyl (C=O) groups is 3. The number of aryl methyl sites for hydroxylation is 1. The lowest BCUT2D eigenvalue weighted by Gasteiger charge is -2.26. The molecule has 0 bridgehead atoms. The summed E-state index contributed by atoms with van der Waals surface area (Å²) in [6.45, 7) is 5.44. The Labute approximate surface area is 248 Å². The van der Waals surface area contributed by atoms with Crippen molar-refractivity contribution >= 4 is 46.6 Å². The third-order valence-corrected chi connectivity index (χ3v) is 7.20. The van der Waals surface area contributed by atoms with Gasteiger partial charge in [0.25, 0.3) is 11.7 Å². The van der Waals surface area contributed by atoms with Gasteiger partial charge >= 0.3 is 5.97 Å². The number of ether oxygens (including phenoxy) is 3. The number of carbonyl (C=O) groups excluding carboxylic acids is 3. The Kier molecular flexibility index (Phi) is 8.95. The van der Waals surface area contributed by atoms with Crippen molar-refractivity contribution in [1.29, 1.82) is 0 Å². The SMILES string of the molecule is COc1c(Cl)cc(/C(O)=C2\C(=O)C(=O)N(Cc3ccc(C(=O)OC(C)C)cc3)C2c2cccc(C)c2)c(OC)c1Cl. The van der Waals surface area contributed by atoms with Crippen molar-refractivity contribution in [3.05, 3.63) is 98.0 Å². The van der Waals surface area contributed by atoms with Crippen LogP contribution in [0.2, 0.25) is 10.0 Å². The molecule has 1 atom stereocenters. The van der Waals surface area contributed by atoms with E-state index in [9.17, 15) is 19.5 Å². The van der Waals surface area contributed by atoms with E-state index in [1.54, 1.807) is 44.2 Å². The van der Waals surface area contributed by atoms with Crippen LogP contribution in [0.3, 0.4) is 0 Å². The highest BCUT2D eigenvalue weighted by atomic mass is 35.5. The second-order valence-corrected chi connectivity index (χ2v) is 10.6. The summed E-state index contributed by atoms with van der Waals surface area (Å²) < 4.78 is 15.9. The highest BCUT2D eigenvalue weighted by Gasteiger charge is 2.46. The number of nitrogens with zero attached hydrogens (tertiary/aromatic N) is 1. The van der Waals surface area contributed by atoms with Gasteiger partial charge in [-0.25, -0.2) is 4.79 Å². The maximum Gasteiger partial charge on any atom is 0.338 e. The van der Waals surface area contributed by atoms with Crippen molar-refractivity contribution in [3.8, 4) is 11.5 Å². The second-order valence-electron chi connectivity index (χ2n) is 9.78. The third kappa shape index (κ3) is 5.89. The number of aliphatic hydroxyl groups is 1. The van der Waals surface area contributed by atoms with E-state index in [-0.39, 0.29) is 45.3 Å². The average molecular weight is 598 g/mol. The maximum absolute atomic E-state index is 13.5. The zero-order valence-corrected chi connectivity index (χ0v) is 24.7. The molecule has 1 fully saturated rings. The Morgan fingerprint density at radius 3 is 2.24 bits per heavy atom. The van der Waals surface area contributed by atoms with Crippen LogP contribution in [0, 0.1) is 6.92 Å².